The number of fused-ring (bicyclic) bond motifs is 1. The molecule has 2 unspecified atom stereocenters. The summed E-state index contributed by atoms with van der Waals surface area (Å²) in [6, 6.07) is 4.72. The quantitative estimate of drug-likeness (QED) is 0.927. The lowest BCUT2D eigenvalue weighted by atomic mass is 10.0. The molecule has 2 atom stereocenters. The second-order valence-corrected chi connectivity index (χ2v) is 5.45. The van der Waals surface area contributed by atoms with Crippen LogP contribution in [0.3, 0.4) is 0 Å². The molecule has 2 fully saturated rings. The molecule has 2 saturated heterocycles. The van der Waals surface area contributed by atoms with Crippen LogP contribution in [0.1, 0.15) is 31.0 Å². The first-order valence-electron chi connectivity index (χ1n) is 7.29. The van der Waals surface area contributed by atoms with E-state index in [1.807, 2.05) is 0 Å². The molecule has 1 N–H and O–H groups in total. The number of amides is 1. The number of rotatable bonds is 4. The maximum Gasteiger partial charge on any atom is 0.387 e. The van der Waals surface area contributed by atoms with Crippen molar-refractivity contribution in [1.82, 2.24) is 10.2 Å². The molecule has 0 spiro atoms. The number of methoxy groups -OCH3 is 1. The fraction of sp³-hybridized carbons (Fsp3) is 0.533. The highest BCUT2D eigenvalue weighted by Crippen LogP contribution is 2.36. The molecule has 2 aliphatic rings. The van der Waals surface area contributed by atoms with Gasteiger partial charge in [0.1, 0.15) is 6.17 Å². The molecule has 7 heteroatoms. The molecule has 0 radical (unpaired) electrons. The molecule has 120 valence electrons. The Balaban J connectivity index is 1.89. The van der Waals surface area contributed by atoms with Crippen molar-refractivity contribution in [3.05, 3.63) is 23.8 Å². The van der Waals surface area contributed by atoms with Gasteiger partial charge >= 0.3 is 6.61 Å². The Morgan fingerprint density at radius 1 is 1.32 bits per heavy atom. The Kier molecular flexibility index (Phi) is 4.15. The predicted octanol–water partition coefficient (Wildman–Crippen LogP) is 2.28. The van der Waals surface area contributed by atoms with Crippen molar-refractivity contribution in [2.75, 3.05) is 13.7 Å². The van der Waals surface area contributed by atoms with Crippen LogP contribution in [-0.4, -0.2) is 37.1 Å². The van der Waals surface area contributed by atoms with Crippen LogP contribution in [0.25, 0.3) is 0 Å². The highest BCUT2D eigenvalue weighted by molar-refractivity contribution is 5.84. The summed E-state index contributed by atoms with van der Waals surface area (Å²) < 4.78 is 34.6. The van der Waals surface area contributed by atoms with Crippen molar-refractivity contribution in [2.24, 2.45) is 0 Å². The summed E-state index contributed by atoms with van der Waals surface area (Å²) in [5.74, 6) is 0.213. The zero-order valence-electron chi connectivity index (χ0n) is 12.2. The number of carbonyl (C=O) groups excluding carboxylic acids is 1. The number of carbonyl (C=O) groups is 1. The average Bonchev–Trinajstić information content (AvgIpc) is 2.84. The van der Waals surface area contributed by atoms with Crippen molar-refractivity contribution in [3.63, 3.8) is 0 Å². The summed E-state index contributed by atoms with van der Waals surface area (Å²) in [4.78, 5) is 14.1. The van der Waals surface area contributed by atoms with Gasteiger partial charge in [-0.25, -0.2) is 0 Å². The van der Waals surface area contributed by atoms with Crippen LogP contribution in [0, 0.1) is 0 Å². The van der Waals surface area contributed by atoms with Gasteiger partial charge < -0.3 is 14.8 Å². The number of nitrogens with one attached hydrogen (secondary N) is 1. The number of nitrogens with zero attached hydrogens (tertiary/aromatic N) is 1. The molecule has 2 heterocycles. The Hall–Kier alpha value is -1.89. The van der Waals surface area contributed by atoms with E-state index in [4.69, 9.17) is 4.74 Å². The number of ether oxygens (including phenoxy) is 2. The first-order valence-corrected chi connectivity index (χ1v) is 7.29. The van der Waals surface area contributed by atoms with E-state index in [1.54, 1.807) is 12.1 Å². The zero-order valence-corrected chi connectivity index (χ0v) is 12.2. The largest absolute Gasteiger partial charge is 0.493 e. The van der Waals surface area contributed by atoms with Gasteiger partial charge in [-0.1, -0.05) is 12.5 Å². The number of piperidine rings is 1. The van der Waals surface area contributed by atoms with Crippen molar-refractivity contribution >= 4 is 5.91 Å². The third-order valence-corrected chi connectivity index (χ3v) is 4.18. The number of alkyl halides is 2. The molecule has 1 amide bonds. The second kappa shape index (κ2) is 6.08. The Morgan fingerprint density at radius 3 is 2.86 bits per heavy atom. The molecule has 22 heavy (non-hydrogen) atoms. The molecule has 3 rings (SSSR count). The van der Waals surface area contributed by atoms with E-state index >= 15 is 0 Å². The second-order valence-electron chi connectivity index (χ2n) is 5.45. The van der Waals surface area contributed by atoms with Crippen LogP contribution < -0.4 is 14.8 Å². The molecule has 2 aliphatic heterocycles. The average molecular weight is 312 g/mol. The van der Waals surface area contributed by atoms with Gasteiger partial charge in [-0.05, 0) is 30.5 Å². The molecule has 0 saturated carbocycles. The minimum absolute atomic E-state index is 0.00292. The van der Waals surface area contributed by atoms with E-state index < -0.39 is 6.61 Å². The highest BCUT2D eigenvalue weighted by Gasteiger charge is 2.41. The summed E-state index contributed by atoms with van der Waals surface area (Å²) in [6.45, 7) is -2.12. The lowest BCUT2D eigenvalue weighted by Gasteiger charge is -2.31. The van der Waals surface area contributed by atoms with Crippen LogP contribution >= 0.6 is 0 Å². The third-order valence-electron chi connectivity index (χ3n) is 4.18. The summed E-state index contributed by atoms with van der Waals surface area (Å²) in [5, 5.41) is 2.93. The van der Waals surface area contributed by atoms with Gasteiger partial charge in [0.2, 0.25) is 5.91 Å². The van der Waals surface area contributed by atoms with E-state index in [1.165, 1.54) is 13.2 Å². The SMILES string of the molecule is COc1ccc(C2NC(=O)C3CCCCN32)cc1OC(F)F. The molecule has 5 nitrogen and oxygen atoms in total. The molecular weight excluding hydrogens is 294 g/mol. The highest BCUT2D eigenvalue weighted by atomic mass is 19.3. The fourth-order valence-electron chi connectivity index (χ4n) is 3.18. The Bertz CT molecular complexity index is 568. The zero-order chi connectivity index (χ0) is 15.7. The van der Waals surface area contributed by atoms with Gasteiger partial charge in [-0.3, -0.25) is 9.69 Å². The van der Waals surface area contributed by atoms with Crippen molar-refractivity contribution in [1.29, 1.82) is 0 Å². The number of halogens is 2. The topological polar surface area (TPSA) is 50.8 Å². The van der Waals surface area contributed by atoms with Gasteiger partial charge in [-0.2, -0.15) is 8.78 Å². The maximum absolute atomic E-state index is 12.5. The molecule has 0 bridgehead atoms. The summed E-state index contributed by atoms with van der Waals surface area (Å²) in [5.41, 5.74) is 0.717. The summed E-state index contributed by atoms with van der Waals surface area (Å²) >= 11 is 0. The number of hydrogen-bond acceptors (Lipinski definition) is 4. The Labute approximate surface area is 127 Å². The van der Waals surface area contributed by atoms with Crippen LogP contribution in [0.5, 0.6) is 11.5 Å². The Morgan fingerprint density at radius 2 is 2.14 bits per heavy atom. The van der Waals surface area contributed by atoms with Crippen molar-refractivity contribution < 1.29 is 23.0 Å². The van der Waals surface area contributed by atoms with Gasteiger partial charge in [-0.15, -0.1) is 0 Å². The molecule has 1 aromatic carbocycles. The maximum atomic E-state index is 12.5. The van der Waals surface area contributed by atoms with Crippen molar-refractivity contribution in [2.45, 2.75) is 38.1 Å². The lowest BCUT2D eigenvalue weighted by molar-refractivity contribution is -0.122. The van der Waals surface area contributed by atoms with Gasteiger partial charge in [0.05, 0.1) is 13.2 Å². The first kappa shape index (κ1) is 15.0. The van der Waals surface area contributed by atoms with E-state index in [0.29, 0.717) is 5.56 Å². The molecule has 0 aliphatic carbocycles. The predicted molar refractivity (Wildman–Crippen MR) is 74.9 cm³/mol. The van der Waals surface area contributed by atoms with Gasteiger partial charge in [0, 0.05) is 6.54 Å². The van der Waals surface area contributed by atoms with Crippen LogP contribution in [0.15, 0.2) is 18.2 Å². The molecule has 0 aromatic heterocycles. The van der Waals surface area contributed by atoms with Gasteiger partial charge in [0.25, 0.3) is 0 Å². The third kappa shape index (κ3) is 2.72. The molecular formula is C15H18F2N2O3. The van der Waals surface area contributed by atoms with Crippen LogP contribution in [-0.2, 0) is 4.79 Å². The van der Waals surface area contributed by atoms with Crippen molar-refractivity contribution in [3.8, 4) is 11.5 Å². The van der Waals surface area contributed by atoms with E-state index in [0.717, 1.165) is 25.8 Å². The summed E-state index contributed by atoms with van der Waals surface area (Å²) in [7, 11) is 1.39. The molecule has 1 aromatic rings. The first-order chi connectivity index (χ1) is 10.6. The number of benzene rings is 1. The number of hydrogen-bond donors (Lipinski definition) is 1. The van der Waals surface area contributed by atoms with E-state index in [9.17, 15) is 13.6 Å². The smallest absolute Gasteiger partial charge is 0.387 e. The minimum Gasteiger partial charge on any atom is -0.493 e. The summed E-state index contributed by atoms with van der Waals surface area (Å²) in [6.07, 6.45) is 2.59. The lowest BCUT2D eigenvalue weighted by Crippen LogP contribution is -2.38. The van der Waals surface area contributed by atoms with Gasteiger partial charge in [0.15, 0.2) is 11.5 Å². The van der Waals surface area contributed by atoms with Crippen LogP contribution in [0.2, 0.25) is 0 Å². The standard InChI is InChI=1S/C15H18F2N2O3/c1-21-11-6-5-9(8-12(11)22-15(16)17)13-18-14(20)10-4-2-3-7-19(10)13/h5-6,8,10,13,15H,2-4,7H2,1H3,(H,18,20). The van der Waals surface area contributed by atoms with Crippen LogP contribution in [0.4, 0.5) is 8.78 Å². The fourth-order valence-corrected chi connectivity index (χ4v) is 3.18. The van der Waals surface area contributed by atoms with E-state index in [-0.39, 0.29) is 29.6 Å². The minimum atomic E-state index is -2.93. The normalized spacial score (nSPS) is 25.0. The van der Waals surface area contributed by atoms with E-state index in [2.05, 4.69) is 15.0 Å². The monoisotopic (exact) mass is 312 g/mol.